The van der Waals surface area contributed by atoms with Crippen LogP contribution in [-0.4, -0.2) is 0 Å². The molecule has 0 saturated carbocycles. The van der Waals surface area contributed by atoms with E-state index in [2.05, 4.69) is 354 Å². The molecule has 0 atom stereocenters. The fourth-order valence-corrected chi connectivity index (χ4v) is 14.7. The molecular formula is C112H87Br3F4N4. The summed E-state index contributed by atoms with van der Waals surface area (Å²) >= 11 is 10.3. The lowest BCUT2D eigenvalue weighted by Crippen LogP contribution is -2.10. The second-order valence-electron chi connectivity index (χ2n) is 29.5. The molecule has 123 heavy (non-hydrogen) atoms. The zero-order chi connectivity index (χ0) is 85.6. The Morgan fingerprint density at radius 2 is 0.382 bits per heavy atom. The lowest BCUT2D eigenvalue weighted by atomic mass is 9.99. The van der Waals surface area contributed by atoms with Gasteiger partial charge in [0.15, 0.2) is 0 Å². The molecule has 0 unspecified atom stereocenters. The van der Waals surface area contributed by atoms with Crippen LogP contribution in [-0.2, 0) is 0 Å². The number of hydrogen-bond donors (Lipinski definition) is 2. The maximum absolute atomic E-state index is 14.9. The minimum absolute atomic E-state index is 0.194. The molecule has 0 bridgehead atoms. The van der Waals surface area contributed by atoms with Crippen LogP contribution in [0.3, 0.4) is 0 Å². The molecule has 3 N–H and O–H groups in total. The molecule has 4 nitrogen and oxygen atoms in total. The molecule has 0 aliphatic carbocycles. The second-order valence-corrected chi connectivity index (χ2v) is 32.3. The van der Waals surface area contributed by atoms with Crippen LogP contribution < -0.4 is 20.9 Å². The lowest BCUT2D eigenvalue weighted by Gasteiger charge is -2.26. The summed E-state index contributed by atoms with van der Waals surface area (Å²) in [4.78, 5) is 4.17. The van der Waals surface area contributed by atoms with Crippen molar-refractivity contribution in [2.75, 3.05) is 20.9 Å². The normalized spacial score (nSPS) is 10.6. The Bertz CT molecular complexity index is 6170. The number of rotatable bonds is 16. The van der Waals surface area contributed by atoms with Crippen molar-refractivity contribution < 1.29 is 17.6 Å². The van der Waals surface area contributed by atoms with Gasteiger partial charge in [-0.3, -0.25) is 0 Å². The predicted molar refractivity (Wildman–Crippen MR) is 521 cm³/mol. The first kappa shape index (κ1) is 85.7. The molecule has 18 aromatic rings. The molecular weight excluding hydrogens is 1720 g/mol. The maximum atomic E-state index is 14.9. The third-order valence-corrected chi connectivity index (χ3v) is 22.5. The molecule has 604 valence electrons. The van der Waals surface area contributed by atoms with E-state index in [0.717, 1.165) is 109 Å². The molecule has 0 spiro atoms. The molecule has 0 aromatic heterocycles. The number of nitrogens with zero attached hydrogens (tertiary/aromatic N) is 2. The van der Waals surface area contributed by atoms with Crippen LogP contribution in [0.1, 0.15) is 22.3 Å². The smallest absolute Gasteiger partial charge is 0.128 e. The number of halogens is 7. The third-order valence-electron chi connectivity index (χ3n) is 20.9. The van der Waals surface area contributed by atoms with Gasteiger partial charge < -0.3 is 20.9 Å². The van der Waals surface area contributed by atoms with Crippen LogP contribution >= 0.6 is 47.8 Å². The highest BCUT2D eigenvalue weighted by Crippen LogP contribution is 2.41. The summed E-state index contributed by atoms with van der Waals surface area (Å²) < 4.78 is 59.2. The quantitative estimate of drug-likeness (QED) is 0.0748. The van der Waals surface area contributed by atoms with Crippen molar-refractivity contribution in [2.24, 2.45) is 0 Å². The molecule has 0 aliphatic rings. The summed E-state index contributed by atoms with van der Waals surface area (Å²) in [7, 11) is 0. The fourth-order valence-electron chi connectivity index (χ4n) is 13.9. The Balaban J connectivity index is 0.000000156. The summed E-state index contributed by atoms with van der Waals surface area (Å²) in [6, 6.07) is 146. The van der Waals surface area contributed by atoms with Crippen LogP contribution in [0.2, 0.25) is 0 Å². The SMILES string of the molecule is Brc1ccc(-c2ccc(-c3ccc(Br)cc3)cc2)cc1.Brc1ccc(-c2ccccc2)cc1.Cc1ccc(N(c2ccc(-c3ccccc3)cc2)c2ccc(-c3ccc(-c4ccc(N(c5ccc(-c6ccccc6)cc5)c5ccc(C)c(F)c5)cc4)cc3)cc2)cc1F.Cc1ccc(N)cc1F.Cc1ccc(Nc2ccc(-c3ccccc3)cc2)cc1F. The van der Waals surface area contributed by atoms with Crippen molar-refractivity contribution in [3.63, 3.8) is 0 Å². The van der Waals surface area contributed by atoms with Gasteiger partial charge in [0.1, 0.15) is 23.3 Å². The Labute approximate surface area is 744 Å². The van der Waals surface area contributed by atoms with Gasteiger partial charge in [-0.15, -0.1) is 0 Å². The Hall–Kier alpha value is -13.7. The van der Waals surface area contributed by atoms with Crippen molar-refractivity contribution >= 4 is 99.0 Å². The molecule has 0 fully saturated rings. The first-order chi connectivity index (χ1) is 59.9. The maximum Gasteiger partial charge on any atom is 0.128 e. The van der Waals surface area contributed by atoms with Crippen molar-refractivity contribution in [1.82, 2.24) is 0 Å². The van der Waals surface area contributed by atoms with Crippen molar-refractivity contribution in [1.29, 1.82) is 0 Å². The standard InChI is InChI=1S/C56H42F2N2.C19H16FN.C18H12Br2.C12H9Br.C7H8FN/c1-39-13-27-53(37-55(39)57)59(49-29-19-45(20-30-49)41-9-5-3-6-10-41)51-33-23-47(24-34-51)43-15-17-44(18-16-43)48-25-35-52(36-26-48)60(54-28-14-40(2)56(58)38-54)50-31-21-46(22-32-50)42-11-7-4-8-12-42;1-14-7-10-18(13-19(14)20)21-17-11-8-16(9-12-17)15-5-3-2-4-6-15;19-17-9-5-15(6-10-17)13-1-2-14(4-3-13)16-7-11-18(20)12-8-16;13-12-8-6-11(7-9-12)10-4-2-1-3-5-10;1-5-2-3-6(9)4-7(5)8/h3-38H,1-2H3;2-13,21H,1H3;1-12H;1-9H;2-4H,9H2,1H3. The number of nitrogens with two attached hydrogens (primary N) is 1. The Morgan fingerprint density at radius 3 is 0.618 bits per heavy atom. The molecule has 0 aliphatic heterocycles. The summed E-state index contributed by atoms with van der Waals surface area (Å²) in [5.74, 6) is -0.911. The molecule has 11 heteroatoms. The zero-order valence-corrected chi connectivity index (χ0v) is 72.9. The predicted octanol–water partition coefficient (Wildman–Crippen LogP) is 34.1. The zero-order valence-electron chi connectivity index (χ0n) is 68.2. The van der Waals surface area contributed by atoms with Gasteiger partial charge in [-0.1, -0.05) is 339 Å². The van der Waals surface area contributed by atoms with Crippen LogP contribution in [0.5, 0.6) is 0 Å². The molecule has 0 amide bonds. The van der Waals surface area contributed by atoms with E-state index >= 15 is 0 Å². The van der Waals surface area contributed by atoms with Gasteiger partial charge in [0, 0.05) is 64.6 Å². The number of aryl methyl sites for hydroxylation is 4. The minimum Gasteiger partial charge on any atom is -0.399 e. The van der Waals surface area contributed by atoms with Gasteiger partial charge in [0.05, 0.1) is 0 Å². The van der Waals surface area contributed by atoms with Crippen molar-refractivity contribution in [3.8, 4) is 89.0 Å². The molecule has 0 heterocycles. The monoisotopic (exact) mass is 1800 g/mol. The Kier molecular flexibility index (Phi) is 28.9. The van der Waals surface area contributed by atoms with Gasteiger partial charge >= 0.3 is 0 Å². The van der Waals surface area contributed by atoms with Crippen molar-refractivity contribution in [2.45, 2.75) is 27.7 Å². The first-order valence-corrected chi connectivity index (χ1v) is 42.6. The van der Waals surface area contributed by atoms with E-state index in [-0.39, 0.29) is 23.3 Å². The molecule has 18 rings (SSSR count). The number of nitrogens with one attached hydrogen (secondary N) is 1. The topological polar surface area (TPSA) is 44.5 Å². The third kappa shape index (κ3) is 23.1. The lowest BCUT2D eigenvalue weighted by molar-refractivity contribution is 0.618. The number of benzene rings is 18. The van der Waals surface area contributed by atoms with Gasteiger partial charge in [-0.2, -0.15) is 0 Å². The average Bonchev–Trinajstić information content (AvgIpc) is 0.778. The van der Waals surface area contributed by atoms with Gasteiger partial charge in [0.2, 0.25) is 0 Å². The highest BCUT2D eigenvalue weighted by molar-refractivity contribution is 9.11. The minimum atomic E-state index is -0.241. The number of anilines is 9. The summed E-state index contributed by atoms with van der Waals surface area (Å²) in [6.07, 6.45) is 0. The fraction of sp³-hybridized carbons (Fsp3) is 0.0357. The van der Waals surface area contributed by atoms with Crippen molar-refractivity contribution in [3.05, 3.63) is 496 Å². The van der Waals surface area contributed by atoms with Crippen LogP contribution in [0, 0.1) is 51.0 Å². The summed E-state index contributed by atoms with van der Waals surface area (Å²) in [5, 5.41) is 3.21. The van der Waals surface area contributed by atoms with Gasteiger partial charge in [0.25, 0.3) is 0 Å². The van der Waals surface area contributed by atoms with Gasteiger partial charge in [-0.05, 0) is 285 Å². The van der Waals surface area contributed by atoms with Gasteiger partial charge in [-0.25, -0.2) is 17.6 Å². The van der Waals surface area contributed by atoms with E-state index in [1.165, 1.54) is 51.1 Å². The van der Waals surface area contributed by atoms with E-state index in [4.69, 9.17) is 5.73 Å². The van der Waals surface area contributed by atoms with E-state index in [9.17, 15) is 17.6 Å². The summed E-state index contributed by atoms with van der Waals surface area (Å²) in [6.45, 7) is 7.02. The Morgan fingerprint density at radius 1 is 0.195 bits per heavy atom. The van der Waals surface area contributed by atoms with E-state index in [1.54, 1.807) is 58.0 Å². The highest BCUT2D eigenvalue weighted by atomic mass is 79.9. The van der Waals surface area contributed by atoms with E-state index in [0.29, 0.717) is 27.9 Å². The number of nitrogen functional groups attached to an aromatic ring is 1. The molecule has 0 saturated heterocycles. The van der Waals surface area contributed by atoms with Crippen LogP contribution in [0.15, 0.2) is 450 Å². The van der Waals surface area contributed by atoms with Crippen LogP contribution in [0.4, 0.5) is 68.7 Å². The van der Waals surface area contributed by atoms with E-state index in [1.807, 2.05) is 103 Å². The van der Waals surface area contributed by atoms with E-state index < -0.39 is 0 Å². The first-order valence-electron chi connectivity index (χ1n) is 40.3. The molecule has 0 radical (unpaired) electrons. The van der Waals surface area contributed by atoms with Crippen LogP contribution in [0.25, 0.3) is 89.0 Å². The number of hydrogen-bond acceptors (Lipinski definition) is 4. The average molecular weight is 1800 g/mol. The highest BCUT2D eigenvalue weighted by Gasteiger charge is 2.18. The second kappa shape index (κ2) is 41.5. The molecule has 18 aromatic carbocycles. The summed E-state index contributed by atoms with van der Waals surface area (Å²) in [5.41, 5.74) is 33.9. The largest absolute Gasteiger partial charge is 0.399 e.